The lowest BCUT2D eigenvalue weighted by Gasteiger charge is -2.30. The molecule has 122 valence electrons. The molecule has 0 bridgehead atoms. The number of allylic oxidation sites excluding steroid dienone is 6. The topological polar surface area (TPSA) is 78.4 Å². The highest BCUT2D eigenvalue weighted by Gasteiger charge is 2.37. The van der Waals surface area contributed by atoms with Crippen molar-refractivity contribution >= 4 is 11.8 Å². The first kappa shape index (κ1) is 15.7. The number of hydrogen-bond donors (Lipinski definition) is 3. The maximum Gasteiger partial charge on any atom is 0.252 e. The van der Waals surface area contributed by atoms with Crippen LogP contribution >= 0.6 is 0 Å². The molecule has 3 rings (SSSR count). The summed E-state index contributed by atoms with van der Waals surface area (Å²) in [6.45, 7) is 5.76. The summed E-state index contributed by atoms with van der Waals surface area (Å²) in [7, 11) is 0. The molecule has 0 heterocycles. The molecule has 2 amide bonds. The van der Waals surface area contributed by atoms with Gasteiger partial charge in [0.1, 0.15) is 6.04 Å². The molecule has 1 unspecified atom stereocenters. The molecular formula is C18H22N2O3. The second-order valence-corrected chi connectivity index (χ2v) is 7.19. The smallest absolute Gasteiger partial charge is 0.252 e. The van der Waals surface area contributed by atoms with Gasteiger partial charge in [0.15, 0.2) is 0 Å². The van der Waals surface area contributed by atoms with Crippen LogP contribution in [-0.2, 0) is 9.59 Å². The van der Waals surface area contributed by atoms with Crippen molar-refractivity contribution in [1.29, 1.82) is 0 Å². The van der Waals surface area contributed by atoms with Crippen molar-refractivity contribution in [2.45, 2.75) is 33.2 Å². The van der Waals surface area contributed by atoms with E-state index in [-0.39, 0.29) is 25.0 Å². The van der Waals surface area contributed by atoms with E-state index < -0.39 is 11.5 Å². The number of hydrogen-bond acceptors (Lipinski definition) is 3. The minimum Gasteiger partial charge on any atom is -0.395 e. The van der Waals surface area contributed by atoms with Gasteiger partial charge in [0.05, 0.1) is 6.61 Å². The number of carbonyl (C=O) groups is 2. The van der Waals surface area contributed by atoms with Crippen LogP contribution in [0.2, 0.25) is 0 Å². The van der Waals surface area contributed by atoms with Gasteiger partial charge in [-0.05, 0) is 46.3 Å². The molecule has 0 aromatic rings. The number of amides is 2. The number of rotatable bonds is 5. The van der Waals surface area contributed by atoms with E-state index in [4.69, 9.17) is 5.11 Å². The molecule has 0 radical (unpaired) electrons. The highest BCUT2D eigenvalue weighted by Crippen LogP contribution is 2.51. The van der Waals surface area contributed by atoms with E-state index in [2.05, 4.69) is 16.7 Å². The highest BCUT2D eigenvalue weighted by atomic mass is 16.3. The average Bonchev–Trinajstić information content (AvgIpc) is 2.95. The van der Waals surface area contributed by atoms with E-state index in [0.29, 0.717) is 5.57 Å². The summed E-state index contributed by atoms with van der Waals surface area (Å²) in [5.41, 5.74) is 4.98. The van der Waals surface area contributed by atoms with Crippen LogP contribution in [0.3, 0.4) is 0 Å². The summed E-state index contributed by atoms with van der Waals surface area (Å²) in [6, 6.07) is -0.664. The summed E-state index contributed by atoms with van der Waals surface area (Å²) in [5.74, 6) is -0.511. The number of carbonyl (C=O) groups excluding carboxylic acids is 2. The van der Waals surface area contributed by atoms with E-state index in [0.717, 1.165) is 17.6 Å². The zero-order chi connectivity index (χ0) is 16.8. The van der Waals surface area contributed by atoms with Crippen molar-refractivity contribution in [3.8, 4) is 0 Å². The fraction of sp³-hybridized carbons (Fsp3) is 0.444. The lowest BCUT2D eigenvalue weighted by molar-refractivity contribution is -0.130. The molecule has 0 saturated heterocycles. The van der Waals surface area contributed by atoms with Gasteiger partial charge in [-0.25, -0.2) is 0 Å². The Labute approximate surface area is 135 Å². The quantitative estimate of drug-likeness (QED) is 0.712. The molecule has 1 fully saturated rings. The van der Waals surface area contributed by atoms with Crippen LogP contribution in [0, 0.1) is 5.41 Å². The van der Waals surface area contributed by atoms with Gasteiger partial charge in [0.2, 0.25) is 5.91 Å². The summed E-state index contributed by atoms with van der Waals surface area (Å²) >= 11 is 0. The molecule has 0 aromatic heterocycles. The molecule has 0 aromatic carbocycles. The molecule has 3 aliphatic carbocycles. The number of fused-ring (bicyclic) bond motifs is 2. The Hall–Kier alpha value is -2.14. The molecule has 0 spiro atoms. The monoisotopic (exact) mass is 314 g/mol. The Morgan fingerprint density at radius 3 is 2.65 bits per heavy atom. The summed E-state index contributed by atoms with van der Waals surface area (Å²) in [4.78, 5) is 24.9. The van der Waals surface area contributed by atoms with Crippen molar-refractivity contribution in [3.63, 3.8) is 0 Å². The van der Waals surface area contributed by atoms with Crippen LogP contribution < -0.4 is 10.6 Å². The molecule has 5 heteroatoms. The van der Waals surface area contributed by atoms with Gasteiger partial charge in [-0.1, -0.05) is 26.8 Å². The largest absolute Gasteiger partial charge is 0.395 e. The third-order valence-electron chi connectivity index (χ3n) is 4.33. The molecule has 23 heavy (non-hydrogen) atoms. The van der Waals surface area contributed by atoms with E-state index in [9.17, 15) is 9.59 Å². The Balaban J connectivity index is 1.76. The van der Waals surface area contributed by atoms with Gasteiger partial charge in [0.25, 0.3) is 5.91 Å². The summed E-state index contributed by atoms with van der Waals surface area (Å²) < 4.78 is 0. The van der Waals surface area contributed by atoms with E-state index in [1.54, 1.807) is 0 Å². The summed E-state index contributed by atoms with van der Waals surface area (Å²) in [5, 5.41) is 14.3. The summed E-state index contributed by atoms with van der Waals surface area (Å²) in [6.07, 6.45) is 6.90. The van der Waals surface area contributed by atoms with Crippen molar-refractivity contribution in [3.05, 3.63) is 46.1 Å². The van der Waals surface area contributed by atoms with E-state index in [1.807, 2.05) is 32.9 Å². The van der Waals surface area contributed by atoms with Gasteiger partial charge >= 0.3 is 0 Å². The van der Waals surface area contributed by atoms with Crippen molar-refractivity contribution < 1.29 is 14.7 Å². The van der Waals surface area contributed by atoms with Crippen molar-refractivity contribution in [2.75, 3.05) is 13.2 Å². The maximum absolute atomic E-state index is 12.6. The Bertz CT molecular complexity index is 702. The second-order valence-electron chi connectivity index (χ2n) is 7.19. The predicted molar refractivity (Wildman–Crippen MR) is 87.4 cm³/mol. The molecule has 3 aliphatic rings. The zero-order valence-electron chi connectivity index (χ0n) is 13.7. The number of aliphatic hydroxyl groups is 1. The first-order valence-electron chi connectivity index (χ1n) is 7.89. The zero-order valence-corrected chi connectivity index (χ0v) is 13.7. The van der Waals surface area contributed by atoms with Crippen LogP contribution in [-0.4, -0.2) is 36.1 Å². The third-order valence-corrected chi connectivity index (χ3v) is 4.33. The highest BCUT2D eigenvalue weighted by molar-refractivity contribution is 6.03. The van der Waals surface area contributed by atoms with Crippen LogP contribution in [0.5, 0.6) is 0 Å². The predicted octanol–water partition coefficient (Wildman–Crippen LogP) is 1.13. The Kier molecular flexibility index (Phi) is 3.76. The van der Waals surface area contributed by atoms with Crippen LogP contribution in [0.1, 0.15) is 27.2 Å². The molecule has 3 N–H and O–H groups in total. The lowest BCUT2D eigenvalue weighted by atomic mass is 9.85. The van der Waals surface area contributed by atoms with Gasteiger partial charge in [-0.2, -0.15) is 0 Å². The van der Waals surface area contributed by atoms with Gasteiger partial charge in [-0.15, -0.1) is 0 Å². The average molecular weight is 314 g/mol. The van der Waals surface area contributed by atoms with E-state index in [1.165, 1.54) is 11.1 Å². The van der Waals surface area contributed by atoms with Crippen LogP contribution in [0.25, 0.3) is 0 Å². The molecule has 1 saturated carbocycles. The third kappa shape index (κ3) is 2.88. The fourth-order valence-corrected chi connectivity index (χ4v) is 3.00. The SMILES string of the molecule is CC(C)(C)C(NC(=O)C1=C2C=C3CC3=C2C=C1)C(=O)NCCO. The van der Waals surface area contributed by atoms with E-state index >= 15 is 0 Å². The van der Waals surface area contributed by atoms with Gasteiger partial charge < -0.3 is 15.7 Å². The van der Waals surface area contributed by atoms with Crippen molar-refractivity contribution in [1.82, 2.24) is 10.6 Å². The normalized spacial score (nSPS) is 19.4. The fourth-order valence-electron chi connectivity index (χ4n) is 3.00. The van der Waals surface area contributed by atoms with Gasteiger partial charge in [0, 0.05) is 12.1 Å². The maximum atomic E-state index is 12.6. The minimum atomic E-state index is -0.664. The second kappa shape index (κ2) is 5.49. The van der Waals surface area contributed by atoms with Crippen molar-refractivity contribution in [2.24, 2.45) is 5.41 Å². The number of aliphatic hydroxyl groups excluding tert-OH is 1. The van der Waals surface area contributed by atoms with Crippen LogP contribution in [0.15, 0.2) is 46.1 Å². The number of nitrogens with one attached hydrogen (secondary N) is 2. The molecule has 1 atom stereocenters. The first-order valence-corrected chi connectivity index (χ1v) is 7.89. The molecule has 0 aliphatic heterocycles. The lowest BCUT2D eigenvalue weighted by Crippen LogP contribution is -2.54. The first-order chi connectivity index (χ1) is 10.8. The standard InChI is InChI=1S/C18H22N2O3/c1-18(2,3)15(17(23)19-6-7-21)20-16(22)12-5-4-11-13-8-10(13)9-14(11)12/h4-5,9,15,21H,6-8H2,1-3H3,(H,19,23)(H,20,22). The Morgan fingerprint density at radius 2 is 2.00 bits per heavy atom. The Morgan fingerprint density at radius 1 is 1.26 bits per heavy atom. The van der Waals surface area contributed by atoms with Crippen LogP contribution in [0.4, 0.5) is 0 Å². The minimum absolute atomic E-state index is 0.126. The molecule has 5 nitrogen and oxygen atoms in total. The molecular weight excluding hydrogens is 292 g/mol. The van der Waals surface area contributed by atoms with Gasteiger partial charge in [-0.3, -0.25) is 9.59 Å².